The lowest BCUT2D eigenvalue weighted by Crippen LogP contribution is -2.24. The maximum absolute atomic E-state index is 12.0. The van der Waals surface area contributed by atoms with Crippen molar-refractivity contribution in [1.82, 2.24) is 15.3 Å². The number of aromatic carboxylic acids is 1. The van der Waals surface area contributed by atoms with Crippen molar-refractivity contribution in [1.29, 1.82) is 0 Å². The molecule has 0 saturated heterocycles. The molecular formula is C13H9Cl2N3O3. The summed E-state index contributed by atoms with van der Waals surface area (Å²) in [5.41, 5.74) is 0.699. The lowest BCUT2D eigenvalue weighted by atomic mass is 10.2. The van der Waals surface area contributed by atoms with Gasteiger partial charge in [0.15, 0.2) is 0 Å². The molecule has 8 heteroatoms. The lowest BCUT2D eigenvalue weighted by molar-refractivity contribution is 0.0696. The van der Waals surface area contributed by atoms with Gasteiger partial charge in [0, 0.05) is 12.4 Å². The zero-order valence-corrected chi connectivity index (χ0v) is 12.0. The zero-order valence-electron chi connectivity index (χ0n) is 10.5. The smallest absolute Gasteiger partial charge is 0.335 e. The van der Waals surface area contributed by atoms with Gasteiger partial charge in [0.05, 0.1) is 28.4 Å². The number of carbonyl (C=O) groups is 2. The average Bonchev–Trinajstić information content (AvgIpc) is 2.47. The predicted molar refractivity (Wildman–Crippen MR) is 76.6 cm³/mol. The summed E-state index contributed by atoms with van der Waals surface area (Å²) < 4.78 is 0. The second kappa shape index (κ2) is 6.51. The van der Waals surface area contributed by atoms with Crippen molar-refractivity contribution in [3.63, 3.8) is 0 Å². The van der Waals surface area contributed by atoms with Crippen LogP contribution in [-0.2, 0) is 6.54 Å². The second-order valence-electron chi connectivity index (χ2n) is 4.01. The maximum atomic E-state index is 12.0. The Morgan fingerprint density at radius 2 is 2.00 bits per heavy atom. The van der Waals surface area contributed by atoms with Gasteiger partial charge < -0.3 is 10.4 Å². The summed E-state index contributed by atoms with van der Waals surface area (Å²) in [6.07, 6.45) is 2.64. The number of carbonyl (C=O) groups excluding carboxylic acids is 1. The molecule has 2 N–H and O–H groups in total. The number of pyridine rings is 2. The Labute approximate surface area is 129 Å². The van der Waals surface area contributed by atoms with Crippen molar-refractivity contribution in [3.05, 3.63) is 57.6 Å². The Kier molecular flexibility index (Phi) is 4.72. The molecule has 21 heavy (non-hydrogen) atoms. The summed E-state index contributed by atoms with van der Waals surface area (Å²) in [6.45, 7) is 0.0657. The van der Waals surface area contributed by atoms with Crippen LogP contribution in [0.1, 0.15) is 26.4 Å². The Morgan fingerprint density at radius 1 is 1.24 bits per heavy atom. The normalized spacial score (nSPS) is 10.2. The molecule has 2 heterocycles. The highest BCUT2D eigenvalue weighted by Crippen LogP contribution is 2.18. The minimum atomic E-state index is -1.06. The number of carboxylic acids is 1. The van der Waals surface area contributed by atoms with Crippen molar-refractivity contribution < 1.29 is 14.7 Å². The highest BCUT2D eigenvalue weighted by molar-refractivity contribution is 6.35. The van der Waals surface area contributed by atoms with E-state index in [0.29, 0.717) is 5.69 Å². The van der Waals surface area contributed by atoms with Crippen molar-refractivity contribution in [2.24, 2.45) is 0 Å². The van der Waals surface area contributed by atoms with E-state index < -0.39 is 11.9 Å². The molecule has 0 fully saturated rings. The molecule has 2 rings (SSSR count). The van der Waals surface area contributed by atoms with Crippen LogP contribution in [-0.4, -0.2) is 27.0 Å². The van der Waals surface area contributed by atoms with E-state index >= 15 is 0 Å². The number of rotatable bonds is 4. The van der Waals surface area contributed by atoms with Gasteiger partial charge in [-0.15, -0.1) is 0 Å². The Morgan fingerprint density at radius 3 is 2.71 bits per heavy atom. The first-order valence-electron chi connectivity index (χ1n) is 5.75. The Hall–Kier alpha value is -2.18. The minimum Gasteiger partial charge on any atom is -0.478 e. The first kappa shape index (κ1) is 15.2. The third-order valence-corrected chi connectivity index (χ3v) is 3.07. The van der Waals surface area contributed by atoms with E-state index in [1.807, 2.05) is 0 Å². The fourth-order valence-corrected chi connectivity index (χ4v) is 1.91. The summed E-state index contributed by atoms with van der Waals surface area (Å²) in [7, 11) is 0. The highest BCUT2D eigenvalue weighted by atomic mass is 35.5. The number of aromatic nitrogens is 2. The number of hydrogen-bond donors (Lipinski definition) is 2. The fourth-order valence-electron chi connectivity index (χ4n) is 1.56. The number of amides is 1. The number of carboxylic acid groups (broad SMARTS) is 1. The highest BCUT2D eigenvalue weighted by Gasteiger charge is 2.12. The Balaban J connectivity index is 2.09. The lowest BCUT2D eigenvalue weighted by Gasteiger charge is -2.07. The minimum absolute atomic E-state index is 0.0657. The van der Waals surface area contributed by atoms with Gasteiger partial charge in [-0.25, -0.2) is 9.78 Å². The van der Waals surface area contributed by atoms with Gasteiger partial charge in [-0.05, 0) is 18.2 Å². The van der Waals surface area contributed by atoms with E-state index in [-0.39, 0.29) is 27.8 Å². The summed E-state index contributed by atoms with van der Waals surface area (Å²) in [6, 6.07) is 4.09. The summed E-state index contributed by atoms with van der Waals surface area (Å²) in [5.74, 6) is -1.51. The first-order valence-corrected chi connectivity index (χ1v) is 6.50. The molecule has 2 aromatic rings. The van der Waals surface area contributed by atoms with E-state index in [1.165, 1.54) is 30.6 Å². The second-order valence-corrected chi connectivity index (χ2v) is 4.81. The molecule has 0 aliphatic rings. The number of halogens is 2. The monoisotopic (exact) mass is 325 g/mol. The van der Waals surface area contributed by atoms with E-state index in [0.717, 1.165) is 0 Å². The average molecular weight is 326 g/mol. The standard InChI is InChI=1S/C13H9Cl2N3O3/c14-10-6-17-11(15)4-9(10)12(19)18-5-8-3-7(13(20)21)1-2-16-8/h1-4,6H,5H2,(H,18,19)(H,20,21). The molecular weight excluding hydrogens is 317 g/mol. The third-order valence-electron chi connectivity index (χ3n) is 2.56. The molecule has 0 radical (unpaired) electrons. The molecule has 2 aromatic heterocycles. The van der Waals surface area contributed by atoms with E-state index in [9.17, 15) is 9.59 Å². The topological polar surface area (TPSA) is 92.2 Å². The molecule has 0 aromatic carbocycles. The van der Waals surface area contributed by atoms with Crippen molar-refractivity contribution in [3.8, 4) is 0 Å². The number of hydrogen-bond acceptors (Lipinski definition) is 4. The molecule has 0 aliphatic heterocycles. The summed E-state index contributed by atoms with van der Waals surface area (Å²) in [5, 5.41) is 11.8. The number of nitrogens with one attached hydrogen (secondary N) is 1. The van der Waals surface area contributed by atoms with Gasteiger partial charge in [0.25, 0.3) is 5.91 Å². The van der Waals surface area contributed by atoms with E-state index in [1.54, 1.807) is 0 Å². The van der Waals surface area contributed by atoms with Crippen LogP contribution >= 0.6 is 23.2 Å². The van der Waals surface area contributed by atoms with Gasteiger partial charge in [0.1, 0.15) is 5.15 Å². The molecule has 6 nitrogen and oxygen atoms in total. The van der Waals surface area contributed by atoms with Crippen LogP contribution in [0, 0.1) is 0 Å². The Bertz CT molecular complexity index is 707. The zero-order chi connectivity index (χ0) is 15.4. The van der Waals surface area contributed by atoms with Crippen LogP contribution in [0.4, 0.5) is 0 Å². The van der Waals surface area contributed by atoms with Crippen LogP contribution in [0.15, 0.2) is 30.6 Å². The van der Waals surface area contributed by atoms with Gasteiger partial charge in [-0.3, -0.25) is 9.78 Å². The molecule has 0 aliphatic carbocycles. The van der Waals surface area contributed by atoms with Crippen LogP contribution in [0.2, 0.25) is 10.2 Å². The summed E-state index contributed by atoms with van der Waals surface area (Å²) in [4.78, 5) is 30.5. The van der Waals surface area contributed by atoms with Crippen molar-refractivity contribution in [2.75, 3.05) is 0 Å². The third kappa shape index (κ3) is 3.90. The van der Waals surface area contributed by atoms with Crippen LogP contribution < -0.4 is 5.32 Å². The predicted octanol–water partition coefficient (Wildman–Crippen LogP) is 2.41. The molecule has 0 spiro atoms. The molecule has 0 unspecified atom stereocenters. The summed E-state index contributed by atoms with van der Waals surface area (Å²) >= 11 is 11.6. The molecule has 0 bridgehead atoms. The van der Waals surface area contributed by atoms with Crippen LogP contribution in [0.5, 0.6) is 0 Å². The largest absolute Gasteiger partial charge is 0.478 e. The van der Waals surface area contributed by atoms with Gasteiger partial charge in [-0.2, -0.15) is 0 Å². The quantitative estimate of drug-likeness (QED) is 0.842. The SMILES string of the molecule is O=C(O)c1ccnc(CNC(=O)c2cc(Cl)ncc2Cl)c1. The maximum Gasteiger partial charge on any atom is 0.335 e. The van der Waals surface area contributed by atoms with E-state index in [2.05, 4.69) is 15.3 Å². The number of nitrogens with zero attached hydrogens (tertiary/aromatic N) is 2. The van der Waals surface area contributed by atoms with Crippen molar-refractivity contribution in [2.45, 2.75) is 6.54 Å². The van der Waals surface area contributed by atoms with Gasteiger partial charge in [-0.1, -0.05) is 23.2 Å². The first-order chi connectivity index (χ1) is 9.97. The molecule has 0 atom stereocenters. The molecule has 1 amide bonds. The van der Waals surface area contributed by atoms with Gasteiger partial charge in [0.2, 0.25) is 0 Å². The van der Waals surface area contributed by atoms with Crippen LogP contribution in [0.25, 0.3) is 0 Å². The van der Waals surface area contributed by atoms with E-state index in [4.69, 9.17) is 28.3 Å². The molecule has 108 valence electrons. The van der Waals surface area contributed by atoms with Crippen LogP contribution in [0.3, 0.4) is 0 Å². The molecule has 0 saturated carbocycles. The van der Waals surface area contributed by atoms with Crippen molar-refractivity contribution >= 4 is 35.1 Å². The van der Waals surface area contributed by atoms with Gasteiger partial charge >= 0.3 is 5.97 Å². The fraction of sp³-hybridized carbons (Fsp3) is 0.0769.